The molecule has 170 valence electrons. The minimum Gasteiger partial charge on any atom is -0.392 e. The topological polar surface area (TPSA) is 68.2 Å². The number of aliphatic hydroxyl groups excluding tert-OH is 1. The van der Waals surface area contributed by atoms with E-state index in [0.717, 1.165) is 12.8 Å². The maximum atomic E-state index is 11.3. The SMILES string of the molecule is COCCOCOCC[C@](C)(O)C[C@H](O)[C@@H]1C(C)=CC[C@H]2C(C)(C)CCC[C@]12C. The standard InChI is InChI=1S/C24H44O5/c1-18-8-9-20-22(2,3)10-7-11-24(20,5)21(18)19(25)16-23(4,26)12-13-28-17-29-15-14-27-6/h8,19-21,25-26H,7,9-17H2,1-6H3/t19-,20-,21-,23-,24-/m0/s1. The zero-order chi connectivity index (χ0) is 21.7. The number of hydrogen-bond donors (Lipinski definition) is 2. The molecule has 0 aromatic rings. The molecular formula is C24H44O5. The summed E-state index contributed by atoms with van der Waals surface area (Å²) in [5, 5.41) is 22.2. The Kier molecular flexibility index (Phi) is 8.75. The van der Waals surface area contributed by atoms with Gasteiger partial charge in [0.05, 0.1) is 31.5 Å². The van der Waals surface area contributed by atoms with Crippen LogP contribution in [0, 0.1) is 22.7 Å². The van der Waals surface area contributed by atoms with Crippen molar-refractivity contribution >= 4 is 0 Å². The summed E-state index contributed by atoms with van der Waals surface area (Å²) in [6, 6.07) is 0. The molecule has 2 aliphatic carbocycles. The number of allylic oxidation sites excluding steroid dienone is 1. The van der Waals surface area contributed by atoms with Crippen LogP contribution < -0.4 is 0 Å². The third-order valence-electron chi connectivity index (χ3n) is 7.57. The second-order valence-corrected chi connectivity index (χ2v) is 10.5. The first kappa shape index (κ1) is 24.8. The summed E-state index contributed by atoms with van der Waals surface area (Å²) in [4.78, 5) is 0. The highest BCUT2D eigenvalue weighted by atomic mass is 16.7. The van der Waals surface area contributed by atoms with E-state index in [1.54, 1.807) is 14.0 Å². The Hall–Kier alpha value is -0.460. The summed E-state index contributed by atoms with van der Waals surface area (Å²) < 4.78 is 15.7. The van der Waals surface area contributed by atoms with Crippen molar-refractivity contribution in [2.45, 2.75) is 84.8 Å². The number of ether oxygens (including phenoxy) is 3. The molecule has 0 aliphatic heterocycles. The predicted molar refractivity (Wildman–Crippen MR) is 116 cm³/mol. The van der Waals surface area contributed by atoms with Crippen LogP contribution in [0.3, 0.4) is 0 Å². The number of fused-ring (bicyclic) bond motifs is 1. The van der Waals surface area contributed by atoms with Gasteiger partial charge in [-0.3, -0.25) is 0 Å². The van der Waals surface area contributed by atoms with Crippen molar-refractivity contribution in [2.75, 3.05) is 33.7 Å². The van der Waals surface area contributed by atoms with Crippen molar-refractivity contribution < 1.29 is 24.4 Å². The number of hydrogen-bond acceptors (Lipinski definition) is 5. The van der Waals surface area contributed by atoms with Crippen LogP contribution in [0.15, 0.2) is 11.6 Å². The molecule has 5 atom stereocenters. The average Bonchev–Trinajstić information content (AvgIpc) is 2.59. The van der Waals surface area contributed by atoms with E-state index < -0.39 is 11.7 Å². The van der Waals surface area contributed by atoms with E-state index in [4.69, 9.17) is 14.2 Å². The van der Waals surface area contributed by atoms with Gasteiger partial charge in [-0.25, -0.2) is 0 Å². The highest BCUT2D eigenvalue weighted by Gasteiger charge is 2.54. The van der Waals surface area contributed by atoms with E-state index in [1.807, 2.05) is 0 Å². The molecule has 0 radical (unpaired) electrons. The van der Waals surface area contributed by atoms with Crippen molar-refractivity contribution in [1.29, 1.82) is 0 Å². The lowest BCUT2D eigenvalue weighted by atomic mass is 9.47. The molecule has 0 bridgehead atoms. The Morgan fingerprint density at radius 2 is 1.86 bits per heavy atom. The zero-order valence-electron chi connectivity index (χ0n) is 19.5. The van der Waals surface area contributed by atoms with Crippen molar-refractivity contribution in [3.63, 3.8) is 0 Å². The zero-order valence-corrected chi connectivity index (χ0v) is 19.5. The summed E-state index contributed by atoms with van der Waals surface area (Å²) in [5.41, 5.74) is 0.690. The van der Waals surface area contributed by atoms with Gasteiger partial charge in [0.1, 0.15) is 6.79 Å². The minimum absolute atomic E-state index is 0.0851. The molecule has 0 saturated heterocycles. The molecule has 2 aliphatic rings. The van der Waals surface area contributed by atoms with Gasteiger partial charge in [-0.15, -0.1) is 0 Å². The molecule has 5 heteroatoms. The van der Waals surface area contributed by atoms with Gasteiger partial charge >= 0.3 is 0 Å². The van der Waals surface area contributed by atoms with Crippen LogP contribution in [-0.4, -0.2) is 55.6 Å². The molecule has 0 aromatic heterocycles. The van der Waals surface area contributed by atoms with E-state index in [1.165, 1.54) is 18.4 Å². The summed E-state index contributed by atoms with van der Waals surface area (Å²) in [6.07, 6.45) is 7.33. The normalized spacial score (nSPS) is 32.2. The molecule has 0 aromatic carbocycles. The van der Waals surface area contributed by atoms with Crippen LogP contribution in [0.25, 0.3) is 0 Å². The lowest BCUT2D eigenvalue weighted by Crippen LogP contribution is -2.52. The van der Waals surface area contributed by atoms with Gasteiger partial charge in [-0.2, -0.15) is 0 Å². The highest BCUT2D eigenvalue weighted by molar-refractivity contribution is 5.20. The monoisotopic (exact) mass is 412 g/mol. The van der Waals surface area contributed by atoms with Crippen molar-refractivity contribution in [3.05, 3.63) is 11.6 Å². The molecule has 1 saturated carbocycles. The molecular weight excluding hydrogens is 368 g/mol. The van der Waals surface area contributed by atoms with E-state index >= 15 is 0 Å². The Labute approximate surface area is 177 Å². The third kappa shape index (κ3) is 6.27. The second-order valence-electron chi connectivity index (χ2n) is 10.5. The lowest BCUT2D eigenvalue weighted by molar-refractivity contribution is -0.106. The Morgan fingerprint density at radius 1 is 1.17 bits per heavy atom. The van der Waals surface area contributed by atoms with Gasteiger partial charge < -0.3 is 24.4 Å². The Balaban J connectivity index is 1.94. The van der Waals surface area contributed by atoms with E-state index in [-0.39, 0.29) is 18.1 Å². The Morgan fingerprint density at radius 3 is 2.55 bits per heavy atom. The first-order chi connectivity index (χ1) is 13.5. The molecule has 0 spiro atoms. The van der Waals surface area contributed by atoms with E-state index in [9.17, 15) is 10.2 Å². The van der Waals surface area contributed by atoms with Gasteiger partial charge in [-0.05, 0) is 56.3 Å². The summed E-state index contributed by atoms with van der Waals surface area (Å²) in [6.45, 7) is 12.7. The summed E-state index contributed by atoms with van der Waals surface area (Å²) >= 11 is 0. The third-order valence-corrected chi connectivity index (χ3v) is 7.57. The smallest absolute Gasteiger partial charge is 0.146 e. The van der Waals surface area contributed by atoms with Gasteiger partial charge in [-0.1, -0.05) is 38.8 Å². The summed E-state index contributed by atoms with van der Waals surface area (Å²) in [7, 11) is 1.63. The van der Waals surface area contributed by atoms with Crippen molar-refractivity contribution in [3.8, 4) is 0 Å². The fourth-order valence-electron chi connectivity index (χ4n) is 6.10. The molecule has 0 amide bonds. The number of aliphatic hydroxyl groups is 2. The first-order valence-corrected chi connectivity index (χ1v) is 11.2. The minimum atomic E-state index is -0.973. The molecule has 2 rings (SSSR count). The summed E-state index contributed by atoms with van der Waals surface area (Å²) in [5.74, 6) is 0.676. The van der Waals surface area contributed by atoms with Crippen LogP contribution in [0.2, 0.25) is 0 Å². The van der Waals surface area contributed by atoms with Gasteiger partial charge in [0.15, 0.2) is 0 Å². The molecule has 0 heterocycles. The Bertz CT molecular complexity index is 541. The van der Waals surface area contributed by atoms with Crippen molar-refractivity contribution in [1.82, 2.24) is 0 Å². The largest absolute Gasteiger partial charge is 0.392 e. The van der Waals surface area contributed by atoms with Crippen LogP contribution >= 0.6 is 0 Å². The van der Waals surface area contributed by atoms with Crippen LogP contribution in [0.5, 0.6) is 0 Å². The molecule has 29 heavy (non-hydrogen) atoms. The fourth-order valence-corrected chi connectivity index (χ4v) is 6.10. The first-order valence-electron chi connectivity index (χ1n) is 11.2. The molecule has 5 nitrogen and oxygen atoms in total. The molecule has 2 N–H and O–H groups in total. The molecule has 0 unspecified atom stereocenters. The van der Waals surface area contributed by atoms with Gasteiger partial charge in [0.2, 0.25) is 0 Å². The lowest BCUT2D eigenvalue weighted by Gasteiger charge is -2.58. The van der Waals surface area contributed by atoms with Crippen molar-refractivity contribution in [2.24, 2.45) is 22.7 Å². The average molecular weight is 413 g/mol. The van der Waals surface area contributed by atoms with E-state index in [0.29, 0.717) is 44.0 Å². The molecule has 1 fully saturated rings. The number of methoxy groups -OCH3 is 1. The maximum absolute atomic E-state index is 11.3. The predicted octanol–water partition coefficient (Wildman–Crippen LogP) is 4.31. The maximum Gasteiger partial charge on any atom is 0.146 e. The van der Waals surface area contributed by atoms with E-state index in [2.05, 4.69) is 33.8 Å². The van der Waals surface area contributed by atoms with Gasteiger partial charge in [0, 0.05) is 19.4 Å². The number of rotatable bonds is 11. The van der Waals surface area contributed by atoms with Crippen LogP contribution in [0.4, 0.5) is 0 Å². The highest BCUT2D eigenvalue weighted by Crippen LogP contribution is 2.60. The van der Waals surface area contributed by atoms with Crippen LogP contribution in [0.1, 0.15) is 73.1 Å². The fraction of sp³-hybridized carbons (Fsp3) is 0.917. The second kappa shape index (κ2) is 10.2. The van der Waals surface area contributed by atoms with Crippen LogP contribution in [-0.2, 0) is 14.2 Å². The van der Waals surface area contributed by atoms with Gasteiger partial charge in [0.25, 0.3) is 0 Å². The quantitative estimate of drug-likeness (QED) is 0.301.